The molecule has 0 amide bonds. The van der Waals surface area contributed by atoms with Crippen molar-refractivity contribution in [3.8, 4) is 11.5 Å². The number of nitrogens with zero attached hydrogens (tertiary/aromatic N) is 1. The molecule has 0 unspecified atom stereocenters. The highest BCUT2D eigenvalue weighted by atomic mass is 16.5. The fraction of sp³-hybridized carbons (Fsp3) is 0.118. The van der Waals surface area contributed by atoms with E-state index in [0.717, 1.165) is 33.5 Å². The van der Waals surface area contributed by atoms with Gasteiger partial charge in [-0.05, 0) is 42.8 Å². The van der Waals surface area contributed by atoms with Crippen LogP contribution in [0.5, 0.6) is 11.5 Å². The van der Waals surface area contributed by atoms with Gasteiger partial charge in [0.15, 0.2) is 0 Å². The Morgan fingerprint density at radius 1 is 1.05 bits per heavy atom. The minimum Gasteiger partial charge on any atom is -0.456 e. The summed E-state index contributed by atoms with van der Waals surface area (Å²) in [4.78, 5) is 4.34. The summed E-state index contributed by atoms with van der Waals surface area (Å²) >= 11 is 0. The molecule has 2 aromatic carbocycles. The Balaban J connectivity index is 2.07. The highest BCUT2D eigenvalue weighted by molar-refractivity contribution is 5.85. The lowest BCUT2D eigenvalue weighted by molar-refractivity contribution is 0.481. The van der Waals surface area contributed by atoms with Crippen LogP contribution in [0.25, 0.3) is 10.9 Å². The number of aromatic nitrogens is 1. The molecule has 0 atom stereocenters. The van der Waals surface area contributed by atoms with Gasteiger partial charge in [-0.25, -0.2) is 0 Å². The highest BCUT2D eigenvalue weighted by Gasteiger charge is 2.07. The van der Waals surface area contributed by atoms with E-state index in [1.165, 1.54) is 0 Å². The second kappa shape index (κ2) is 5.31. The molecule has 3 aromatic rings. The molecule has 100 valence electrons. The monoisotopic (exact) mass is 264 g/mol. The molecule has 0 aliphatic heterocycles. The van der Waals surface area contributed by atoms with E-state index >= 15 is 0 Å². The average Bonchev–Trinajstić information content (AvgIpc) is 2.48. The van der Waals surface area contributed by atoms with Gasteiger partial charge >= 0.3 is 0 Å². The Morgan fingerprint density at radius 3 is 2.80 bits per heavy atom. The zero-order valence-corrected chi connectivity index (χ0v) is 11.3. The number of rotatable bonds is 3. The number of hydrogen-bond donors (Lipinski definition) is 1. The van der Waals surface area contributed by atoms with Gasteiger partial charge in [-0.1, -0.05) is 18.2 Å². The lowest BCUT2D eigenvalue weighted by Gasteiger charge is -2.12. The third-order valence-corrected chi connectivity index (χ3v) is 3.27. The average molecular weight is 264 g/mol. The minimum absolute atomic E-state index is 0.457. The summed E-state index contributed by atoms with van der Waals surface area (Å²) in [6.45, 7) is 2.50. The smallest absolute Gasteiger partial charge is 0.136 e. The maximum atomic E-state index is 6.07. The Labute approximate surface area is 118 Å². The Morgan fingerprint density at radius 2 is 1.95 bits per heavy atom. The van der Waals surface area contributed by atoms with Crippen molar-refractivity contribution in [2.24, 2.45) is 5.73 Å². The molecule has 2 N–H and O–H groups in total. The van der Waals surface area contributed by atoms with Crippen LogP contribution >= 0.6 is 0 Å². The largest absolute Gasteiger partial charge is 0.456 e. The van der Waals surface area contributed by atoms with Gasteiger partial charge in [-0.15, -0.1) is 0 Å². The van der Waals surface area contributed by atoms with Crippen molar-refractivity contribution < 1.29 is 4.74 Å². The maximum absolute atomic E-state index is 6.07. The first-order valence-corrected chi connectivity index (χ1v) is 6.59. The van der Waals surface area contributed by atoms with E-state index in [2.05, 4.69) is 4.98 Å². The number of nitrogens with two attached hydrogens (primary N) is 1. The van der Waals surface area contributed by atoms with Crippen molar-refractivity contribution >= 4 is 10.9 Å². The van der Waals surface area contributed by atoms with Crippen LogP contribution in [0.15, 0.2) is 54.7 Å². The summed E-state index contributed by atoms with van der Waals surface area (Å²) in [5.74, 6) is 1.61. The Bertz CT molecular complexity index is 748. The number of pyridine rings is 1. The van der Waals surface area contributed by atoms with Crippen LogP contribution in [-0.4, -0.2) is 4.98 Å². The predicted octanol–water partition coefficient (Wildman–Crippen LogP) is 3.79. The van der Waals surface area contributed by atoms with E-state index in [4.69, 9.17) is 10.5 Å². The molecule has 3 rings (SSSR count). The molecule has 1 heterocycles. The molecule has 1 aromatic heterocycles. The molecule has 20 heavy (non-hydrogen) atoms. The molecule has 3 nitrogen and oxygen atoms in total. The van der Waals surface area contributed by atoms with E-state index in [1.54, 1.807) is 6.20 Å². The summed E-state index contributed by atoms with van der Waals surface area (Å²) in [5.41, 5.74) is 8.84. The molecule has 0 radical (unpaired) electrons. The topological polar surface area (TPSA) is 48.1 Å². The summed E-state index contributed by atoms with van der Waals surface area (Å²) < 4.78 is 6.07. The van der Waals surface area contributed by atoms with E-state index in [9.17, 15) is 0 Å². The van der Waals surface area contributed by atoms with E-state index in [-0.39, 0.29) is 0 Å². The molecule has 0 aliphatic rings. The number of aryl methyl sites for hydroxylation is 1. The molecule has 0 bridgehead atoms. The van der Waals surface area contributed by atoms with Crippen LogP contribution in [0.2, 0.25) is 0 Å². The molecular weight excluding hydrogens is 248 g/mol. The Kier molecular flexibility index (Phi) is 3.35. The molecule has 0 spiro atoms. The first-order valence-electron chi connectivity index (χ1n) is 6.59. The Hall–Kier alpha value is -2.39. The summed E-state index contributed by atoms with van der Waals surface area (Å²) in [7, 11) is 0. The summed E-state index contributed by atoms with van der Waals surface area (Å²) in [6.07, 6.45) is 1.78. The highest BCUT2D eigenvalue weighted by Crippen LogP contribution is 2.31. The summed E-state index contributed by atoms with van der Waals surface area (Å²) in [6, 6.07) is 15.9. The third kappa shape index (κ3) is 2.36. The second-order valence-corrected chi connectivity index (χ2v) is 4.74. The van der Waals surface area contributed by atoms with Crippen LogP contribution in [0.1, 0.15) is 11.1 Å². The van der Waals surface area contributed by atoms with Gasteiger partial charge in [0.1, 0.15) is 11.5 Å². The number of ether oxygens (including phenoxy) is 1. The molecule has 0 saturated heterocycles. The fourth-order valence-electron chi connectivity index (χ4n) is 2.21. The zero-order valence-electron chi connectivity index (χ0n) is 11.3. The lowest BCUT2D eigenvalue weighted by atomic mass is 10.1. The number of hydrogen-bond acceptors (Lipinski definition) is 3. The van der Waals surface area contributed by atoms with Crippen molar-refractivity contribution in [2.45, 2.75) is 13.5 Å². The summed E-state index contributed by atoms with van der Waals surface area (Å²) in [5, 5.41) is 1.000. The van der Waals surface area contributed by atoms with Crippen LogP contribution in [0.4, 0.5) is 0 Å². The minimum atomic E-state index is 0.457. The van der Waals surface area contributed by atoms with Gasteiger partial charge < -0.3 is 10.5 Å². The number of fused-ring (bicyclic) bond motifs is 1. The third-order valence-electron chi connectivity index (χ3n) is 3.27. The van der Waals surface area contributed by atoms with E-state index in [1.807, 2.05) is 55.5 Å². The van der Waals surface area contributed by atoms with Gasteiger partial charge in [0.05, 0.1) is 5.52 Å². The fourth-order valence-corrected chi connectivity index (χ4v) is 2.21. The molecular formula is C17H16N2O. The van der Waals surface area contributed by atoms with E-state index in [0.29, 0.717) is 6.54 Å². The van der Waals surface area contributed by atoms with Crippen LogP contribution in [0.3, 0.4) is 0 Å². The lowest BCUT2D eigenvalue weighted by Crippen LogP contribution is -2.00. The van der Waals surface area contributed by atoms with Crippen LogP contribution in [-0.2, 0) is 6.54 Å². The van der Waals surface area contributed by atoms with Gasteiger partial charge in [0, 0.05) is 23.7 Å². The predicted molar refractivity (Wildman–Crippen MR) is 80.9 cm³/mol. The van der Waals surface area contributed by atoms with Crippen LogP contribution < -0.4 is 10.5 Å². The molecule has 0 aliphatic carbocycles. The van der Waals surface area contributed by atoms with Crippen molar-refractivity contribution in [3.63, 3.8) is 0 Å². The maximum Gasteiger partial charge on any atom is 0.136 e. The van der Waals surface area contributed by atoms with E-state index < -0.39 is 0 Å². The van der Waals surface area contributed by atoms with Gasteiger partial charge in [0.2, 0.25) is 0 Å². The molecule has 0 fully saturated rings. The van der Waals surface area contributed by atoms with Crippen molar-refractivity contribution in [3.05, 3.63) is 65.9 Å². The SMILES string of the molecule is Cc1ccc(CN)c(Oc2cccc3ncccc23)c1. The second-order valence-electron chi connectivity index (χ2n) is 4.74. The zero-order chi connectivity index (χ0) is 13.9. The number of benzene rings is 2. The first-order chi connectivity index (χ1) is 9.78. The van der Waals surface area contributed by atoms with Gasteiger partial charge in [-0.3, -0.25) is 4.98 Å². The van der Waals surface area contributed by atoms with Gasteiger partial charge in [-0.2, -0.15) is 0 Å². The van der Waals surface area contributed by atoms with Crippen molar-refractivity contribution in [2.75, 3.05) is 0 Å². The quantitative estimate of drug-likeness (QED) is 0.782. The first kappa shape index (κ1) is 12.6. The van der Waals surface area contributed by atoms with Crippen LogP contribution in [0, 0.1) is 6.92 Å². The molecule has 3 heteroatoms. The molecule has 0 saturated carbocycles. The van der Waals surface area contributed by atoms with Gasteiger partial charge in [0.25, 0.3) is 0 Å². The standard InChI is InChI=1S/C17H16N2O/c1-12-7-8-13(11-18)17(10-12)20-16-6-2-5-15-14(16)4-3-9-19-15/h2-10H,11,18H2,1H3. The van der Waals surface area contributed by atoms with Crippen molar-refractivity contribution in [1.82, 2.24) is 4.98 Å². The van der Waals surface area contributed by atoms with Crippen molar-refractivity contribution in [1.29, 1.82) is 0 Å². The normalized spacial score (nSPS) is 10.7.